The molecular formula is C58H36N2. The van der Waals surface area contributed by atoms with Crippen molar-refractivity contribution in [2.45, 2.75) is 0 Å². The summed E-state index contributed by atoms with van der Waals surface area (Å²) in [4.78, 5) is 0. The maximum absolute atomic E-state index is 2.45. The molecular weight excluding hydrogens is 725 g/mol. The van der Waals surface area contributed by atoms with Gasteiger partial charge in [0, 0.05) is 32.9 Å². The third-order valence-corrected chi connectivity index (χ3v) is 12.9. The monoisotopic (exact) mass is 760 g/mol. The van der Waals surface area contributed by atoms with E-state index in [9.17, 15) is 0 Å². The van der Waals surface area contributed by atoms with Gasteiger partial charge >= 0.3 is 0 Å². The van der Waals surface area contributed by atoms with Crippen molar-refractivity contribution in [2.75, 3.05) is 0 Å². The van der Waals surface area contributed by atoms with Gasteiger partial charge in [-0.3, -0.25) is 0 Å². The zero-order valence-corrected chi connectivity index (χ0v) is 32.7. The first-order valence-corrected chi connectivity index (χ1v) is 20.8. The Morgan fingerprint density at radius 1 is 0.200 bits per heavy atom. The summed E-state index contributed by atoms with van der Waals surface area (Å²) in [7, 11) is 0. The predicted molar refractivity (Wildman–Crippen MR) is 256 cm³/mol. The molecule has 0 N–H and O–H groups in total. The molecule has 0 saturated carbocycles. The van der Waals surface area contributed by atoms with Gasteiger partial charge in [0.15, 0.2) is 0 Å². The third-order valence-electron chi connectivity index (χ3n) is 12.9. The topological polar surface area (TPSA) is 9.86 Å². The summed E-state index contributed by atoms with van der Waals surface area (Å²) in [5, 5.41) is 15.2. The van der Waals surface area contributed by atoms with E-state index in [0.717, 1.165) is 11.4 Å². The van der Waals surface area contributed by atoms with Gasteiger partial charge in [0.1, 0.15) is 0 Å². The molecule has 278 valence electrons. The molecule has 0 aliphatic carbocycles. The SMILES string of the molecule is c1ccc2c(-c3ccc4c5ccccc5c5ccccc5c4c3)ccc(-c3cc(-n4c5ccccc5c5ccccc54)cc(-n4c5ccccc5c5ccccc54)c3)c2c1. The Bertz CT molecular complexity index is 3620. The number of para-hydroxylation sites is 4. The van der Waals surface area contributed by atoms with Gasteiger partial charge in [0.05, 0.1) is 22.1 Å². The maximum Gasteiger partial charge on any atom is 0.0541 e. The predicted octanol–water partition coefficient (Wildman–Crippen LogP) is 15.8. The molecule has 2 nitrogen and oxygen atoms in total. The molecule has 2 heteroatoms. The van der Waals surface area contributed by atoms with Gasteiger partial charge < -0.3 is 9.13 Å². The Labute approximate surface area is 346 Å². The highest BCUT2D eigenvalue weighted by atomic mass is 15.0. The first kappa shape index (κ1) is 33.1. The number of hydrogen-bond donors (Lipinski definition) is 0. The van der Waals surface area contributed by atoms with Crippen LogP contribution in [-0.2, 0) is 0 Å². The smallest absolute Gasteiger partial charge is 0.0541 e. The van der Waals surface area contributed by atoms with Crippen LogP contribution in [0.2, 0.25) is 0 Å². The Balaban J connectivity index is 1.08. The van der Waals surface area contributed by atoms with Gasteiger partial charge in [-0.2, -0.15) is 0 Å². The zero-order valence-electron chi connectivity index (χ0n) is 32.7. The summed E-state index contributed by atoms with van der Waals surface area (Å²) in [6.45, 7) is 0. The molecule has 60 heavy (non-hydrogen) atoms. The quantitative estimate of drug-likeness (QED) is 0.158. The van der Waals surface area contributed by atoms with Gasteiger partial charge in [-0.1, -0.05) is 170 Å². The van der Waals surface area contributed by atoms with Gasteiger partial charge in [0.2, 0.25) is 0 Å². The number of benzene rings is 11. The molecule has 2 heterocycles. The van der Waals surface area contributed by atoms with Crippen molar-refractivity contribution in [2.24, 2.45) is 0 Å². The molecule has 13 rings (SSSR count). The fourth-order valence-electron chi connectivity index (χ4n) is 10.3. The molecule has 0 aliphatic rings. The van der Waals surface area contributed by atoms with Gasteiger partial charge in [0.25, 0.3) is 0 Å². The first-order valence-electron chi connectivity index (χ1n) is 20.8. The minimum atomic E-state index is 1.13. The lowest BCUT2D eigenvalue weighted by atomic mass is 9.89. The van der Waals surface area contributed by atoms with E-state index in [0.29, 0.717) is 0 Å². The molecule has 0 bridgehead atoms. The van der Waals surface area contributed by atoms with Crippen LogP contribution in [0.5, 0.6) is 0 Å². The lowest BCUT2D eigenvalue weighted by molar-refractivity contribution is 1.13. The normalized spacial score (nSPS) is 12.0. The fourth-order valence-corrected chi connectivity index (χ4v) is 10.3. The average Bonchev–Trinajstić information content (AvgIpc) is 3.84. The standard InChI is InChI=1S/C58H36N2/c1-2-16-44-42(32-31-41(43(44)15-1)37-29-30-49-47-19-4-3-17-45(47)46-18-5-6-20-48(46)54(49)35-37)38-33-39(59-55-25-11-7-21-50(55)51-22-8-12-26-56(51)59)36-40(34-38)60-57-27-13-9-23-52(57)53-24-10-14-28-58(53)60/h1-36H. The number of aromatic nitrogens is 2. The van der Waals surface area contributed by atoms with Crippen LogP contribution in [0.3, 0.4) is 0 Å². The molecule has 13 aromatic rings. The molecule has 0 amide bonds. The highest BCUT2D eigenvalue weighted by Crippen LogP contribution is 2.43. The fraction of sp³-hybridized carbons (Fsp3) is 0. The molecule has 0 saturated heterocycles. The van der Waals surface area contributed by atoms with Crippen molar-refractivity contribution in [3.05, 3.63) is 218 Å². The summed E-state index contributed by atoms with van der Waals surface area (Å²) < 4.78 is 4.90. The van der Waals surface area contributed by atoms with Crippen molar-refractivity contribution in [3.63, 3.8) is 0 Å². The molecule has 0 aliphatic heterocycles. The molecule has 0 fully saturated rings. The van der Waals surface area contributed by atoms with Crippen molar-refractivity contribution in [1.82, 2.24) is 9.13 Å². The Kier molecular flexibility index (Phi) is 7.05. The Morgan fingerprint density at radius 2 is 0.517 bits per heavy atom. The van der Waals surface area contributed by atoms with Crippen LogP contribution in [0.15, 0.2) is 218 Å². The van der Waals surface area contributed by atoms with E-state index in [4.69, 9.17) is 0 Å². The second-order valence-corrected chi connectivity index (χ2v) is 16.0. The van der Waals surface area contributed by atoms with Crippen LogP contribution in [0.1, 0.15) is 0 Å². The molecule has 0 spiro atoms. The maximum atomic E-state index is 2.45. The van der Waals surface area contributed by atoms with E-state index in [1.165, 1.54) is 109 Å². The highest BCUT2D eigenvalue weighted by Gasteiger charge is 2.19. The molecule has 11 aromatic carbocycles. The Morgan fingerprint density at radius 3 is 0.933 bits per heavy atom. The van der Waals surface area contributed by atoms with Gasteiger partial charge in [-0.05, 0) is 114 Å². The summed E-state index contributed by atoms with van der Waals surface area (Å²) in [5.74, 6) is 0. The number of hydrogen-bond acceptors (Lipinski definition) is 0. The van der Waals surface area contributed by atoms with E-state index in [-0.39, 0.29) is 0 Å². The molecule has 0 unspecified atom stereocenters. The molecule has 2 aromatic heterocycles. The summed E-state index contributed by atoms with van der Waals surface area (Å²) in [6.07, 6.45) is 0. The number of rotatable bonds is 4. The summed E-state index contributed by atoms with van der Waals surface area (Å²) >= 11 is 0. The van der Waals surface area contributed by atoms with E-state index in [2.05, 4.69) is 228 Å². The van der Waals surface area contributed by atoms with Crippen molar-refractivity contribution in [3.8, 4) is 33.6 Å². The Hall–Kier alpha value is -7.94. The lowest BCUT2D eigenvalue weighted by Crippen LogP contribution is -2.00. The lowest BCUT2D eigenvalue weighted by Gasteiger charge is -2.18. The minimum Gasteiger partial charge on any atom is -0.309 e. The molecule has 0 radical (unpaired) electrons. The molecule has 0 atom stereocenters. The van der Waals surface area contributed by atoms with Gasteiger partial charge in [-0.15, -0.1) is 0 Å². The first-order chi connectivity index (χ1) is 29.8. The van der Waals surface area contributed by atoms with Crippen molar-refractivity contribution < 1.29 is 0 Å². The van der Waals surface area contributed by atoms with Gasteiger partial charge in [-0.25, -0.2) is 0 Å². The highest BCUT2D eigenvalue weighted by molar-refractivity contribution is 6.26. The minimum absolute atomic E-state index is 1.13. The number of fused-ring (bicyclic) bond motifs is 13. The van der Waals surface area contributed by atoms with Crippen LogP contribution < -0.4 is 0 Å². The van der Waals surface area contributed by atoms with E-state index < -0.39 is 0 Å². The van der Waals surface area contributed by atoms with E-state index in [1.807, 2.05) is 0 Å². The zero-order chi connectivity index (χ0) is 39.3. The van der Waals surface area contributed by atoms with Crippen LogP contribution in [0.4, 0.5) is 0 Å². The van der Waals surface area contributed by atoms with E-state index in [1.54, 1.807) is 0 Å². The van der Waals surface area contributed by atoms with Crippen LogP contribution in [0.25, 0.3) is 120 Å². The number of nitrogens with zero attached hydrogens (tertiary/aromatic N) is 2. The van der Waals surface area contributed by atoms with E-state index >= 15 is 0 Å². The van der Waals surface area contributed by atoms with Crippen LogP contribution in [-0.4, -0.2) is 9.13 Å². The van der Waals surface area contributed by atoms with Crippen molar-refractivity contribution >= 4 is 86.7 Å². The third kappa shape index (κ3) is 4.76. The average molecular weight is 761 g/mol. The second-order valence-electron chi connectivity index (χ2n) is 16.0. The summed E-state index contributed by atoms with van der Waals surface area (Å²) in [6, 6.07) is 80.7. The largest absolute Gasteiger partial charge is 0.309 e. The van der Waals surface area contributed by atoms with Crippen LogP contribution >= 0.6 is 0 Å². The van der Waals surface area contributed by atoms with Crippen LogP contribution in [0, 0.1) is 0 Å². The second kappa shape index (κ2) is 12.8. The summed E-state index contributed by atoms with van der Waals surface area (Å²) in [5.41, 5.74) is 11.9. The van der Waals surface area contributed by atoms with Crippen molar-refractivity contribution in [1.29, 1.82) is 0 Å².